The topological polar surface area (TPSA) is 24.1 Å². The minimum atomic E-state index is 0. The summed E-state index contributed by atoms with van der Waals surface area (Å²) < 4.78 is 0. The highest BCUT2D eigenvalue weighted by molar-refractivity contribution is 5.85. The first-order valence-electron chi connectivity index (χ1n) is 4.23. The van der Waals surface area contributed by atoms with E-state index in [9.17, 15) is 0 Å². The third-order valence-corrected chi connectivity index (χ3v) is 2.51. The quantitative estimate of drug-likeness (QED) is 0.663. The summed E-state index contributed by atoms with van der Waals surface area (Å²) >= 11 is 0. The Morgan fingerprint density at radius 3 is 1.55 bits per heavy atom. The summed E-state index contributed by atoms with van der Waals surface area (Å²) in [4.78, 5) is 0. The van der Waals surface area contributed by atoms with Crippen LogP contribution in [0.2, 0.25) is 0 Å². The molecule has 2 unspecified atom stereocenters. The molecule has 0 radical (unpaired) electrons. The summed E-state index contributed by atoms with van der Waals surface area (Å²) in [7, 11) is 4.11. The average Bonchev–Trinajstić information content (AvgIpc) is 2.04. The fourth-order valence-electron chi connectivity index (χ4n) is 1.82. The summed E-state index contributed by atoms with van der Waals surface area (Å²) in [5.41, 5.74) is 0. The highest BCUT2D eigenvalue weighted by Crippen LogP contribution is 2.17. The molecule has 0 amide bonds. The Labute approximate surface area is 75.5 Å². The molecule has 1 aliphatic rings. The molecule has 2 N–H and O–H groups in total. The molecule has 1 rings (SSSR count). The summed E-state index contributed by atoms with van der Waals surface area (Å²) in [5, 5.41) is 6.68. The lowest BCUT2D eigenvalue weighted by Crippen LogP contribution is -2.47. The van der Waals surface area contributed by atoms with Gasteiger partial charge in [0.05, 0.1) is 0 Å². The van der Waals surface area contributed by atoms with Crippen molar-refractivity contribution in [2.45, 2.75) is 37.8 Å². The van der Waals surface area contributed by atoms with Crippen LogP contribution < -0.4 is 10.6 Å². The zero-order valence-electron chi connectivity index (χ0n) is 7.39. The van der Waals surface area contributed by atoms with E-state index in [1.54, 1.807) is 0 Å². The molecule has 0 saturated heterocycles. The van der Waals surface area contributed by atoms with E-state index in [1.165, 1.54) is 25.7 Å². The normalized spacial score (nSPS) is 31.1. The standard InChI is InChI=1S/C8H18N2.ClH/c1-9-7-5-3-4-6-8(7)10-2;/h7-10H,3-6H2,1-2H3;1H. The predicted octanol–water partition coefficient (Wildman–Crippen LogP) is 1.16. The SMILES string of the molecule is CNC1CCCCC1NC.Cl. The number of halogens is 1. The molecule has 0 aromatic heterocycles. The van der Waals surface area contributed by atoms with E-state index in [0.717, 1.165) is 0 Å². The number of hydrogen-bond donors (Lipinski definition) is 2. The first-order valence-corrected chi connectivity index (χ1v) is 4.23. The number of nitrogens with one attached hydrogen (secondary N) is 2. The Morgan fingerprint density at radius 2 is 1.27 bits per heavy atom. The highest BCUT2D eigenvalue weighted by Gasteiger charge is 2.21. The van der Waals surface area contributed by atoms with Gasteiger partial charge in [0, 0.05) is 12.1 Å². The Balaban J connectivity index is 0.000001000. The monoisotopic (exact) mass is 178 g/mol. The van der Waals surface area contributed by atoms with Gasteiger partial charge in [0.1, 0.15) is 0 Å². The van der Waals surface area contributed by atoms with Crippen molar-refractivity contribution in [3.05, 3.63) is 0 Å². The van der Waals surface area contributed by atoms with E-state index >= 15 is 0 Å². The molecule has 1 fully saturated rings. The van der Waals surface area contributed by atoms with Crippen molar-refractivity contribution in [2.75, 3.05) is 14.1 Å². The lowest BCUT2D eigenvalue weighted by Gasteiger charge is -2.30. The Hall–Kier alpha value is 0.210. The molecule has 2 atom stereocenters. The number of hydrogen-bond acceptors (Lipinski definition) is 2. The minimum Gasteiger partial charge on any atom is -0.315 e. The average molecular weight is 179 g/mol. The van der Waals surface area contributed by atoms with Crippen LogP contribution in [0.5, 0.6) is 0 Å². The third-order valence-electron chi connectivity index (χ3n) is 2.51. The molecule has 1 aliphatic carbocycles. The molecule has 0 aromatic rings. The first-order chi connectivity index (χ1) is 4.88. The van der Waals surface area contributed by atoms with Crippen molar-refractivity contribution in [2.24, 2.45) is 0 Å². The Morgan fingerprint density at radius 1 is 0.909 bits per heavy atom. The van der Waals surface area contributed by atoms with Crippen molar-refractivity contribution < 1.29 is 0 Å². The Bertz CT molecular complexity index is 86.1. The molecule has 3 heteroatoms. The van der Waals surface area contributed by atoms with Crippen LogP contribution in [0.1, 0.15) is 25.7 Å². The molecular formula is C8H19ClN2. The van der Waals surface area contributed by atoms with Gasteiger partial charge in [0.25, 0.3) is 0 Å². The van der Waals surface area contributed by atoms with Crippen LogP contribution in [-0.2, 0) is 0 Å². The smallest absolute Gasteiger partial charge is 0.0218 e. The van der Waals surface area contributed by atoms with Crippen LogP contribution in [0.3, 0.4) is 0 Å². The molecule has 68 valence electrons. The van der Waals surface area contributed by atoms with Gasteiger partial charge in [-0.3, -0.25) is 0 Å². The van der Waals surface area contributed by atoms with Gasteiger partial charge < -0.3 is 10.6 Å². The summed E-state index contributed by atoms with van der Waals surface area (Å²) in [6.45, 7) is 0. The van der Waals surface area contributed by atoms with Crippen molar-refractivity contribution >= 4 is 12.4 Å². The summed E-state index contributed by atoms with van der Waals surface area (Å²) in [5.74, 6) is 0. The van der Waals surface area contributed by atoms with Crippen molar-refractivity contribution in [1.29, 1.82) is 0 Å². The molecule has 0 aliphatic heterocycles. The van der Waals surface area contributed by atoms with Gasteiger partial charge in [-0.05, 0) is 26.9 Å². The van der Waals surface area contributed by atoms with E-state index < -0.39 is 0 Å². The lowest BCUT2D eigenvalue weighted by molar-refractivity contribution is 0.309. The molecule has 0 spiro atoms. The van der Waals surface area contributed by atoms with Crippen molar-refractivity contribution in [3.8, 4) is 0 Å². The lowest BCUT2D eigenvalue weighted by atomic mass is 9.91. The maximum absolute atomic E-state index is 3.34. The first kappa shape index (κ1) is 11.2. The van der Waals surface area contributed by atoms with E-state index in [4.69, 9.17) is 0 Å². The van der Waals surface area contributed by atoms with Crippen molar-refractivity contribution in [3.63, 3.8) is 0 Å². The minimum absolute atomic E-state index is 0. The molecule has 2 nitrogen and oxygen atoms in total. The zero-order valence-corrected chi connectivity index (χ0v) is 8.21. The van der Waals surface area contributed by atoms with Crippen LogP contribution in [0.25, 0.3) is 0 Å². The molecule has 0 bridgehead atoms. The van der Waals surface area contributed by atoms with Gasteiger partial charge in [0.2, 0.25) is 0 Å². The van der Waals surface area contributed by atoms with Crippen LogP contribution in [-0.4, -0.2) is 26.2 Å². The van der Waals surface area contributed by atoms with Gasteiger partial charge in [0.15, 0.2) is 0 Å². The predicted molar refractivity (Wildman–Crippen MR) is 51.4 cm³/mol. The van der Waals surface area contributed by atoms with Crippen LogP contribution >= 0.6 is 12.4 Å². The fourth-order valence-corrected chi connectivity index (χ4v) is 1.82. The molecule has 0 aromatic carbocycles. The van der Waals surface area contributed by atoms with Crippen LogP contribution in [0.15, 0.2) is 0 Å². The van der Waals surface area contributed by atoms with E-state index in [1.807, 2.05) is 0 Å². The van der Waals surface area contributed by atoms with E-state index in [0.29, 0.717) is 12.1 Å². The van der Waals surface area contributed by atoms with Crippen LogP contribution in [0.4, 0.5) is 0 Å². The second kappa shape index (κ2) is 5.81. The van der Waals surface area contributed by atoms with Gasteiger partial charge in [-0.1, -0.05) is 12.8 Å². The maximum Gasteiger partial charge on any atom is 0.0218 e. The van der Waals surface area contributed by atoms with Gasteiger partial charge in [-0.25, -0.2) is 0 Å². The van der Waals surface area contributed by atoms with Gasteiger partial charge >= 0.3 is 0 Å². The second-order valence-corrected chi connectivity index (χ2v) is 3.07. The second-order valence-electron chi connectivity index (χ2n) is 3.07. The van der Waals surface area contributed by atoms with Crippen LogP contribution in [0, 0.1) is 0 Å². The van der Waals surface area contributed by atoms with Crippen molar-refractivity contribution in [1.82, 2.24) is 10.6 Å². The molecule has 11 heavy (non-hydrogen) atoms. The van der Waals surface area contributed by atoms with E-state index in [2.05, 4.69) is 24.7 Å². The molecule has 0 heterocycles. The van der Waals surface area contributed by atoms with Gasteiger partial charge in [-0.15, -0.1) is 12.4 Å². The largest absolute Gasteiger partial charge is 0.315 e. The molecule has 1 saturated carbocycles. The molecular weight excluding hydrogens is 160 g/mol. The fraction of sp³-hybridized carbons (Fsp3) is 1.00. The van der Waals surface area contributed by atoms with Gasteiger partial charge in [-0.2, -0.15) is 0 Å². The summed E-state index contributed by atoms with van der Waals surface area (Å²) in [6.07, 6.45) is 5.46. The summed E-state index contributed by atoms with van der Waals surface area (Å²) in [6, 6.07) is 1.41. The third kappa shape index (κ3) is 2.97. The highest BCUT2D eigenvalue weighted by atomic mass is 35.5. The maximum atomic E-state index is 3.34. The number of likely N-dealkylation sites (N-methyl/N-ethyl adjacent to an activating group) is 2. The zero-order chi connectivity index (χ0) is 7.40. The van der Waals surface area contributed by atoms with E-state index in [-0.39, 0.29) is 12.4 Å². The number of rotatable bonds is 2. The Kier molecular flexibility index (Phi) is 5.92.